The molecule has 2 aromatic rings. The lowest BCUT2D eigenvalue weighted by atomic mass is 10.1. The molecule has 0 saturated carbocycles. The number of halogens is 2. The number of anilines is 1. The van der Waals surface area contributed by atoms with Crippen LogP contribution in [0.15, 0.2) is 48.5 Å². The molecule has 0 spiro atoms. The Morgan fingerprint density at radius 3 is 2.50 bits per heavy atom. The zero-order valence-corrected chi connectivity index (χ0v) is 14.0. The average molecular weight is 349 g/mol. The maximum atomic E-state index is 12.9. The van der Waals surface area contributed by atoms with Gasteiger partial charge in [-0.15, -0.1) is 0 Å². The molecule has 4 nitrogen and oxygen atoms in total. The first kappa shape index (κ1) is 17.9. The van der Waals surface area contributed by atoms with Gasteiger partial charge in [0.15, 0.2) is 0 Å². The molecule has 0 fully saturated rings. The van der Waals surface area contributed by atoms with E-state index in [9.17, 15) is 14.0 Å². The van der Waals surface area contributed by atoms with Crippen molar-refractivity contribution in [3.05, 3.63) is 64.9 Å². The molecule has 126 valence electrons. The van der Waals surface area contributed by atoms with E-state index >= 15 is 0 Å². The van der Waals surface area contributed by atoms with Gasteiger partial charge in [-0.2, -0.15) is 0 Å². The van der Waals surface area contributed by atoms with E-state index in [2.05, 4.69) is 5.32 Å². The highest BCUT2D eigenvalue weighted by molar-refractivity contribution is 6.30. The fraction of sp³-hybridized carbons (Fsp3) is 0.222. The number of hydrogen-bond acceptors (Lipinski definition) is 2. The maximum Gasteiger partial charge on any atom is 0.243 e. The molecule has 0 unspecified atom stereocenters. The van der Waals surface area contributed by atoms with Crippen molar-refractivity contribution in [2.75, 3.05) is 18.4 Å². The van der Waals surface area contributed by atoms with Gasteiger partial charge in [0.2, 0.25) is 11.8 Å². The van der Waals surface area contributed by atoms with Crippen LogP contribution in [0, 0.1) is 5.82 Å². The largest absolute Gasteiger partial charge is 0.333 e. The minimum Gasteiger partial charge on any atom is -0.333 e. The van der Waals surface area contributed by atoms with Crippen LogP contribution in [0.5, 0.6) is 0 Å². The van der Waals surface area contributed by atoms with E-state index in [4.69, 9.17) is 11.6 Å². The van der Waals surface area contributed by atoms with E-state index in [1.165, 1.54) is 24.0 Å². The van der Waals surface area contributed by atoms with Gasteiger partial charge in [0.05, 0.1) is 6.54 Å². The molecule has 2 rings (SSSR count). The minimum atomic E-state index is -0.303. The molecule has 2 aromatic carbocycles. The first-order chi connectivity index (χ1) is 11.4. The number of carbonyl (C=O) groups excluding carboxylic acids is 2. The monoisotopic (exact) mass is 348 g/mol. The molecule has 1 N–H and O–H groups in total. The summed E-state index contributed by atoms with van der Waals surface area (Å²) in [6, 6.07) is 12.9. The lowest BCUT2D eigenvalue weighted by Crippen LogP contribution is -2.38. The van der Waals surface area contributed by atoms with Crippen molar-refractivity contribution in [1.29, 1.82) is 0 Å². The van der Waals surface area contributed by atoms with E-state index in [-0.39, 0.29) is 24.2 Å². The highest BCUT2D eigenvalue weighted by atomic mass is 35.5. The van der Waals surface area contributed by atoms with Crippen LogP contribution in [-0.4, -0.2) is 29.8 Å². The van der Waals surface area contributed by atoms with E-state index < -0.39 is 0 Å². The molecule has 24 heavy (non-hydrogen) atoms. The fourth-order valence-electron chi connectivity index (χ4n) is 2.20. The lowest BCUT2D eigenvalue weighted by Gasteiger charge is -2.20. The zero-order chi connectivity index (χ0) is 17.5. The van der Waals surface area contributed by atoms with E-state index in [1.54, 1.807) is 36.4 Å². The Bertz CT molecular complexity index is 719. The van der Waals surface area contributed by atoms with Crippen molar-refractivity contribution in [2.45, 2.75) is 13.3 Å². The molecule has 6 heteroatoms. The summed E-state index contributed by atoms with van der Waals surface area (Å²) in [5.41, 5.74) is 1.48. The Balaban J connectivity index is 1.91. The van der Waals surface area contributed by atoms with Gasteiger partial charge in [-0.1, -0.05) is 29.8 Å². The highest BCUT2D eigenvalue weighted by Gasteiger charge is 2.14. The molecule has 0 bridgehead atoms. The Kier molecular flexibility index (Phi) is 6.32. The number of carbonyl (C=O) groups is 2. The minimum absolute atomic E-state index is 0.0525. The first-order valence-corrected chi connectivity index (χ1v) is 7.87. The van der Waals surface area contributed by atoms with E-state index in [0.717, 1.165) is 5.56 Å². The van der Waals surface area contributed by atoms with Crippen LogP contribution in [-0.2, 0) is 16.0 Å². The van der Waals surface area contributed by atoms with Crippen LogP contribution < -0.4 is 5.32 Å². The SMILES string of the molecule is CC(=O)N(CCc1ccc(F)cc1)CC(=O)Nc1cccc(Cl)c1. The quantitative estimate of drug-likeness (QED) is 0.868. The third-order valence-electron chi connectivity index (χ3n) is 3.47. The van der Waals surface area contributed by atoms with Crippen molar-refractivity contribution < 1.29 is 14.0 Å². The topological polar surface area (TPSA) is 49.4 Å². The van der Waals surface area contributed by atoms with Crippen LogP contribution in [0.1, 0.15) is 12.5 Å². The number of amides is 2. The summed E-state index contributed by atoms with van der Waals surface area (Å²) in [5.74, 6) is -0.798. The number of benzene rings is 2. The number of hydrogen-bond donors (Lipinski definition) is 1. The third-order valence-corrected chi connectivity index (χ3v) is 3.71. The fourth-order valence-corrected chi connectivity index (χ4v) is 2.39. The maximum absolute atomic E-state index is 12.9. The number of rotatable bonds is 6. The van der Waals surface area contributed by atoms with Crippen molar-refractivity contribution >= 4 is 29.1 Å². The normalized spacial score (nSPS) is 10.3. The summed E-state index contributed by atoms with van der Waals surface area (Å²) in [6.45, 7) is 1.74. The van der Waals surface area contributed by atoms with Crippen LogP contribution >= 0.6 is 11.6 Å². The van der Waals surface area contributed by atoms with Crippen molar-refractivity contribution in [1.82, 2.24) is 4.90 Å². The molecule has 2 amide bonds. The molecule has 0 aliphatic carbocycles. The second-order valence-corrected chi connectivity index (χ2v) is 5.81. The summed E-state index contributed by atoms with van der Waals surface area (Å²) < 4.78 is 12.9. The highest BCUT2D eigenvalue weighted by Crippen LogP contribution is 2.14. The van der Waals surface area contributed by atoms with Crippen molar-refractivity contribution in [3.63, 3.8) is 0 Å². The molecule has 0 atom stereocenters. The molecular formula is C18H18ClFN2O2. The van der Waals surface area contributed by atoms with Crippen LogP contribution in [0.4, 0.5) is 10.1 Å². The Hall–Kier alpha value is -2.40. The van der Waals surface area contributed by atoms with Gasteiger partial charge in [-0.05, 0) is 42.3 Å². The van der Waals surface area contributed by atoms with Gasteiger partial charge in [-0.3, -0.25) is 9.59 Å². The summed E-state index contributed by atoms with van der Waals surface area (Å²) in [6.07, 6.45) is 0.546. The van der Waals surface area contributed by atoms with Crippen LogP contribution in [0.25, 0.3) is 0 Å². The van der Waals surface area contributed by atoms with Gasteiger partial charge in [0.1, 0.15) is 5.82 Å². The summed E-state index contributed by atoms with van der Waals surface area (Å²) in [7, 11) is 0. The second-order valence-electron chi connectivity index (χ2n) is 5.38. The van der Waals surface area contributed by atoms with Gasteiger partial charge in [0.25, 0.3) is 0 Å². The molecule has 0 radical (unpaired) electrons. The van der Waals surface area contributed by atoms with Gasteiger partial charge in [0, 0.05) is 24.2 Å². The smallest absolute Gasteiger partial charge is 0.243 e. The molecule has 0 aliphatic heterocycles. The molecular weight excluding hydrogens is 331 g/mol. The predicted molar refractivity (Wildman–Crippen MR) is 92.4 cm³/mol. The second kappa shape index (κ2) is 8.45. The first-order valence-electron chi connectivity index (χ1n) is 7.49. The zero-order valence-electron chi connectivity index (χ0n) is 13.3. The molecule has 0 aromatic heterocycles. The summed E-state index contributed by atoms with van der Waals surface area (Å²) >= 11 is 5.87. The van der Waals surface area contributed by atoms with Crippen molar-refractivity contribution in [2.24, 2.45) is 0 Å². The standard InChI is InChI=1S/C18H18ClFN2O2/c1-13(23)22(10-9-14-5-7-16(20)8-6-14)12-18(24)21-17-4-2-3-15(19)11-17/h2-8,11H,9-10,12H2,1H3,(H,21,24). The van der Waals surface area contributed by atoms with Crippen LogP contribution in [0.3, 0.4) is 0 Å². The Labute approximate surface area is 145 Å². The van der Waals surface area contributed by atoms with E-state index in [0.29, 0.717) is 23.7 Å². The average Bonchev–Trinajstić information content (AvgIpc) is 2.52. The van der Waals surface area contributed by atoms with E-state index in [1.807, 2.05) is 0 Å². The summed E-state index contributed by atoms with van der Waals surface area (Å²) in [4.78, 5) is 25.3. The van der Waals surface area contributed by atoms with Crippen molar-refractivity contribution in [3.8, 4) is 0 Å². The lowest BCUT2D eigenvalue weighted by molar-refractivity contribution is -0.132. The molecule has 0 aliphatic rings. The third kappa shape index (κ3) is 5.66. The Morgan fingerprint density at radius 2 is 1.88 bits per heavy atom. The number of nitrogens with one attached hydrogen (secondary N) is 1. The van der Waals surface area contributed by atoms with Gasteiger partial charge in [-0.25, -0.2) is 4.39 Å². The molecule has 0 saturated heterocycles. The number of nitrogens with zero attached hydrogens (tertiary/aromatic N) is 1. The Morgan fingerprint density at radius 1 is 1.17 bits per heavy atom. The summed E-state index contributed by atoms with van der Waals surface area (Å²) in [5, 5.41) is 3.23. The van der Waals surface area contributed by atoms with Crippen LogP contribution in [0.2, 0.25) is 5.02 Å². The predicted octanol–water partition coefficient (Wildman–Crippen LogP) is 3.51. The molecule has 0 heterocycles. The van der Waals surface area contributed by atoms with Gasteiger partial charge >= 0.3 is 0 Å². The van der Waals surface area contributed by atoms with Gasteiger partial charge < -0.3 is 10.2 Å².